The van der Waals surface area contributed by atoms with Gasteiger partial charge in [0.15, 0.2) is 0 Å². The zero-order valence-electron chi connectivity index (χ0n) is 8.65. The van der Waals surface area contributed by atoms with Crippen molar-refractivity contribution in [1.29, 1.82) is 0 Å². The molecule has 0 fully saturated rings. The van der Waals surface area contributed by atoms with Gasteiger partial charge in [0, 0.05) is 13.1 Å². The van der Waals surface area contributed by atoms with Gasteiger partial charge in [-0.1, -0.05) is 39.0 Å². The number of nitrogens with one attached hydrogen (secondary N) is 1. The van der Waals surface area contributed by atoms with Crippen LogP contribution in [0.25, 0.3) is 0 Å². The van der Waals surface area contributed by atoms with E-state index < -0.39 is 0 Å². The summed E-state index contributed by atoms with van der Waals surface area (Å²) in [5.41, 5.74) is 4.77. The van der Waals surface area contributed by atoms with Crippen LogP contribution >= 0.6 is 0 Å². The number of rotatable bonds is 0. The molecule has 1 aromatic carbocycles. The van der Waals surface area contributed by atoms with Crippen molar-refractivity contribution >= 4 is 0 Å². The van der Waals surface area contributed by atoms with Gasteiger partial charge in [0.2, 0.25) is 0 Å². The molecule has 1 N–H and O–H groups in total. The Morgan fingerprint density at radius 3 is 2.62 bits per heavy atom. The van der Waals surface area contributed by atoms with Crippen molar-refractivity contribution < 1.29 is 0 Å². The molecular weight excluding hydrogens is 158 g/mol. The molecule has 0 amide bonds. The molecule has 1 aliphatic heterocycles. The summed E-state index contributed by atoms with van der Waals surface area (Å²) in [5.74, 6) is 0. The fraction of sp³-hybridized carbons (Fsp3) is 0.500. The smallest absolute Gasteiger partial charge is 0.0214 e. The highest BCUT2D eigenvalue weighted by Crippen LogP contribution is 2.29. The average Bonchev–Trinajstić information content (AvgIpc) is 2.48. The molecule has 0 bridgehead atoms. The maximum atomic E-state index is 3.40. The van der Waals surface area contributed by atoms with Crippen LogP contribution < -0.4 is 5.32 Å². The summed E-state index contributed by atoms with van der Waals surface area (Å²) >= 11 is 0. The Bertz CT molecular complexity index is 320. The molecule has 1 aromatic rings. The van der Waals surface area contributed by atoms with Gasteiger partial charge in [0.05, 0.1) is 0 Å². The van der Waals surface area contributed by atoms with E-state index in [0.29, 0.717) is 0 Å². The lowest BCUT2D eigenvalue weighted by atomic mass is 9.83. The van der Waals surface area contributed by atoms with E-state index in [9.17, 15) is 0 Å². The first kappa shape index (κ1) is 8.76. The Labute approximate surface area is 80.2 Å². The van der Waals surface area contributed by atoms with Gasteiger partial charge in [-0.2, -0.15) is 0 Å². The van der Waals surface area contributed by atoms with Gasteiger partial charge in [0.25, 0.3) is 0 Å². The molecule has 70 valence electrons. The van der Waals surface area contributed by atoms with Crippen LogP contribution in [-0.2, 0) is 18.5 Å². The van der Waals surface area contributed by atoms with E-state index in [1.54, 1.807) is 0 Å². The van der Waals surface area contributed by atoms with E-state index in [4.69, 9.17) is 0 Å². The fourth-order valence-corrected chi connectivity index (χ4v) is 2.03. The van der Waals surface area contributed by atoms with Crippen LogP contribution in [0.15, 0.2) is 18.2 Å². The van der Waals surface area contributed by atoms with E-state index in [0.717, 1.165) is 13.1 Å². The minimum atomic E-state index is 0.275. The Kier molecular flexibility index (Phi) is 1.92. The van der Waals surface area contributed by atoms with E-state index in [-0.39, 0.29) is 5.41 Å². The Morgan fingerprint density at radius 2 is 1.92 bits per heavy atom. The van der Waals surface area contributed by atoms with Crippen molar-refractivity contribution in [1.82, 2.24) is 5.32 Å². The van der Waals surface area contributed by atoms with Gasteiger partial charge >= 0.3 is 0 Å². The maximum absolute atomic E-state index is 3.40. The molecule has 0 unspecified atom stereocenters. The molecule has 0 aromatic heterocycles. The quantitative estimate of drug-likeness (QED) is 0.639. The number of hydrogen-bond donors (Lipinski definition) is 1. The second-order valence-corrected chi connectivity index (χ2v) is 4.80. The summed E-state index contributed by atoms with van der Waals surface area (Å²) in [6.45, 7) is 8.92. The van der Waals surface area contributed by atoms with Gasteiger partial charge in [-0.05, 0) is 22.1 Å². The molecule has 0 saturated carbocycles. The van der Waals surface area contributed by atoms with E-state index in [1.165, 1.54) is 16.7 Å². The molecule has 0 atom stereocenters. The number of benzene rings is 1. The second-order valence-electron chi connectivity index (χ2n) is 4.80. The van der Waals surface area contributed by atoms with Crippen molar-refractivity contribution in [2.75, 3.05) is 0 Å². The van der Waals surface area contributed by atoms with Crippen molar-refractivity contribution in [3.63, 3.8) is 0 Å². The zero-order valence-corrected chi connectivity index (χ0v) is 8.65. The average molecular weight is 175 g/mol. The first-order chi connectivity index (χ1) is 6.09. The first-order valence-corrected chi connectivity index (χ1v) is 4.91. The lowest BCUT2D eigenvalue weighted by molar-refractivity contribution is 0.582. The molecule has 1 nitrogen and oxygen atoms in total. The van der Waals surface area contributed by atoms with Gasteiger partial charge in [-0.15, -0.1) is 0 Å². The maximum Gasteiger partial charge on any atom is 0.0214 e. The lowest BCUT2D eigenvalue weighted by Gasteiger charge is -2.22. The van der Waals surface area contributed by atoms with Crippen LogP contribution in [0.1, 0.15) is 37.5 Å². The topological polar surface area (TPSA) is 12.0 Å². The van der Waals surface area contributed by atoms with E-state index in [1.807, 2.05) is 0 Å². The number of fused-ring (bicyclic) bond motifs is 1. The molecule has 0 radical (unpaired) electrons. The summed E-state index contributed by atoms with van der Waals surface area (Å²) in [7, 11) is 0. The van der Waals surface area contributed by atoms with Crippen LogP contribution in [0.5, 0.6) is 0 Å². The highest BCUT2D eigenvalue weighted by Gasteiger charge is 2.21. The molecule has 2 rings (SSSR count). The third-order valence-corrected chi connectivity index (χ3v) is 2.70. The largest absolute Gasteiger partial charge is 0.309 e. The van der Waals surface area contributed by atoms with Crippen LogP contribution in [0.4, 0.5) is 0 Å². The van der Waals surface area contributed by atoms with Crippen LogP contribution in [0.2, 0.25) is 0 Å². The van der Waals surface area contributed by atoms with Crippen molar-refractivity contribution in [3.8, 4) is 0 Å². The highest BCUT2D eigenvalue weighted by atomic mass is 14.9. The molecule has 0 spiro atoms. The Balaban J connectivity index is 2.54. The van der Waals surface area contributed by atoms with Crippen LogP contribution in [-0.4, -0.2) is 0 Å². The van der Waals surface area contributed by atoms with Crippen molar-refractivity contribution in [2.45, 2.75) is 39.3 Å². The van der Waals surface area contributed by atoms with Gasteiger partial charge < -0.3 is 5.32 Å². The summed E-state index contributed by atoms with van der Waals surface area (Å²) in [6.07, 6.45) is 0. The Morgan fingerprint density at radius 1 is 1.15 bits per heavy atom. The normalized spacial score (nSPS) is 15.9. The SMILES string of the molecule is CC(C)(C)c1cccc2c1CNC2. The zero-order chi connectivity index (χ0) is 9.47. The number of hydrogen-bond acceptors (Lipinski definition) is 1. The lowest BCUT2D eigenvalue weighted by Crippen LogP contribution is -2.14. The minimum Gasteiger partial charge on any atom is -0.309 e. The second kappa shape index (κ2) is 2.85. The first-order valence-electron chi connectivity index (χ1n) is 4.91. The molecule has 1 heteroatoms. The van der Waals surface area contributed by atoms with Gasteiger partial charge in [-0.25, -0.2) is 0 Å². The molecule has 0 aliphatic carbocycles. The summed E-state index contributed by atoms with van der Waals surface area (Å²) in [4.78, 5) is 0. The van der Waals surface area contributed by atoms with E-state index >= 15 is 0 Å². The molecule has 1 heterocycles. The van der Waals surface area contributed by atoms with E-state index in [2.05, 4.69) is 44.3 Å². The van der Waals surface area contributed by atoms with Gasteiger partial charge in [0.1, 0.15) is 0 Å². The van der Waals surface area contributed by atoms with Crippen molar-refractivity contribution in [3.05, 3.63) is 34.9 Å². The Hall–Kier alpha value is -0.820. The predicted octanol–water partition coefficient (Wildman–Crippen LogP) is 2.59. The summed E-state index contributed by atoms with van der Waals surface area (Å²) < 4.78 is 0. The molecule has 0 saturated heterocycles. The third kappa shape index (κ3) is 1.49. The monoisotopic (exact) mass is 175 g/mol. The van der Waals surface area contributed by atoms with Crippen LogP contribution in [0.3, 0.4) is 0 Å². The molecule has 13 heavy (non-hydrogen) atoms. The highest BCUT2D eigenvalue weighted by molar-refractivity contribution is 5.41. The van der Waals surface area contributed by atoms with Crippen LogP contribution in [0, 0.1) is 0 Å². The third-order valence-electron chi connectivity index (χ3n) is 2.70. The molecule has 1 aliphatic rings. The molecular formula is C12H17N. The fourth-order valence-electron chi connectivity index (χ4n) is 2.03. The summed E-state index contributed by atoms with van der Waals surface area (Å²) in [5, 5.41) is 3.40. The van der Waals surface area contributed by atoms with Crippen molar-refractivity contribution in [2.24, 2.45) is 0 Å². The standard InChI is InChI=1S/C12H17N/c1-12(2,3)11-6-4-5-9-7-13-8-10(9)11/h4-6,13H,7-8H2,1-3H3. The van der Waals surface area contributed by atoms with Gasteiger partial charge in [-0.3, -0.25) is 0 Å². The predicted molar refractivity (Wildman–Crippen MR) is 55.7 cm³/mol. The summed E-state index contributed by atoms with van der Waals surface area (Å²) in [6, 6.07) is 6.66. The minimum absolute atomic E-state index is 0.275.